The Labute approximate surface area is 178 Å². The molecule has 0 saturated carbocycles. The van der Waals surface area contributed by atoms with Crippen molar-refractivity contribution < 1.29 is 36.9 Å². The number of hydrogen-bond acceptors (Lipinski definition) is 5. The fourth-order valence-electron chi connectivity index (χ4n) is 2.69. The second kappa shape index (κ2) is 10.6. The number of methoxy groups -OCH3 is 3. The first-order valence-corrected chi connectivity index (χ1v) is 9.36. The fourth-order valence-corrected chi connectivity index (χ4v) is 2.69. The van der Waals surface area contributed by atoms with Gasteiger partial charge in [0.05, 0.1) is 39.2 Å². The Bertz CT molecular complexity index is 916. The lowest BCUT2D eigenvalue weighted by molar-refractivity contribution is -0.137. The van der Waals surface area contributed by atoms with Crippen LogP contribution in [0.15, 0.2) is 36.4 Å². The molecule has 0 aliphatic carbocycles. The summed E-state index contributed by atoms with van der Waals surface area (Å²) < 4.78 is 60.4. The summed E-state index contributed by atoms with van der Waals surface area (Å²) in [4.78, 5) is 12.4. The van der Waals surface area contributed by atoms with E-state index < -0.39 is 17.6 Å². The van der Waals surface area contributed by atoms with Crippen LogP contribution in [0.1, 0.15) is 24.5 Å². The molecule has 1 N–H and O–H groups in total. The number of anilines is 1. The van der Waals surface area contributed by atoms with Gasteiger partial charge in [-0.15, -0.1) is 0 Å². The minimum absolute atomic E-state index is 0.0668. The average molecular weight is 439 g/mol. The molecule has 0 aromatic heterocycles. The van der Waals surface area contributed by atoms with E-state index in [1.807, 2.05) is 6.92 Å². The number of carbonyl (C=O) groups is 1. The van der Waals surface area contributed by atoms with E-state index in [0.29, 0.717) is 35.8 Å². The molecule has 0 heterocycles. The number of nitrogens with one attached hydrogen (secondary N) is 1. The number of amides is 1. The summed E-state index contributed by atoms with van der Waals surface area (Å²) in [6.45, 7) is 2.16. The zero-order valence-corrected chi connectivity index (χ0v) is 17.6. The van der Waals surface area contributed by atoms with Crippen molar-refractivity contribution in [2.24, 2.45) is 0 Å². The van der Waals surface area contributed by atoms with Crippen molar-refractivity contribution in [3.8, 4) is 23.0 Å². The van der Waals surface area contributed by atoms with Gasteiger partial charge in [-0.2, -0.15) is 13.2 Å². The molecule has 31 heavy (non-hydrogen) atoms. The summed E-state index contributed by atoms with van der Waals surface area (Å²) >= 11 is 0. The first-order valence-electron chi connectivity index (χ1n) is 9.36. The van der Waals surface area contributed by atoms with E-state index >= 15 is 0 Å². The molecule has 1 amide bonds. The molecule has 0 aliphatic rings. The van der Waals surface area contributed by atoms with E-state index in [1.165, 1.54) is 39.5 Å². The molecule has 0 fully saturated rings. The summed E-state index contributed by atoms with van der Waals surface area (Å²) in [6.07, 6.45) is -1.23. The summed E-state index contributed by atoms with van der Waals surface area (Å²) in [7, 11) is 4.39. The minimum atomic E-state index is -4.55. The van der Waals surface area contributed by atoms with Crippen LogP contribution in [0.3, 0.4) is 0 Å². The molecule has 0 bridgehead atoms. The van der Waals surface area contributed by atoms with Crippen molar-refractivity contribution in [1.82, 2.24) is 0 Å². The Kier molecular flexibility index (Phi) is 8.18. The Morgan fingerprint density at radius 1 is 1.00 bits per heavy atom. The smallest absolute Gasteiger partial charge is 0.416 e. The minimum Gasteiger partial charge on any atom is -0.493 e. The zero-order valence-electron chi connectivity index (χ0n) is 17.6. The third kappa shape index (κ3) is 6.31. The molecule has 2 aromatic rings. The van der Waals surface area contributed by atoms with Crippen LogP contribution < -0.4 is 24.3 Å². The van der Waals surface area contributed by atoms with E-state index in [-0.39, 0.29) is 11.4 Å². The largest absolute Gasteiger partial charge is 0.493 e. The first kappa shape index (κ1) is 23.9. The predicted molar refractivity (Wildman–Crippen MR) is 111 cm³/mol. The van der Waals surface area contributed by atoms with Gasteiger partial charge in [-0.1, -0.05) is 6.92 Å². The number of hydrogen-bond donors (Lipinski definition) is 1. The van der Waals surface area contributed by atoms with E-state index in [0.717, 1.165) is 12.1 Å². The normalized spacial score (nSPS) is 11.3. The van der Waals surface area contributed by atoms with Gasteiger partial charge in [-0.25, -0.2) is 0 Å². The van der Waals surface area contributed by atoms with Gasteiger partial charge < -0.3 is 24.3 Å². The lowest BCUT2D eigenvalue weighted by Crippen LogP contribution is -2.12. The maximum absolute atomic E-state index is 13.1. The quantitative estimate of drug-likeness (QED) is 0.546. The average Bonchev–Trinajstić information content (AvgIpc) is 2.75. The molecule has 0 aliphatic heterocycles. The van der Waals surface area contributed by atoms with Crippen molar-refractivity contribution in [2.75, 3.05) is 33.3 Å². The van der Waals surface area contributed by atoms with Crippen molar-refractivity contribution in [2.45, 2.75) is 19.5 Å². The van der Waals surface area contributed by atoms with E-state index in [4.69, 9.17) is 18.9 Å². The number of carbonyl (C=O) groups excluding carboxylic acids is 1. The molecule has 0 saturated heterocycles. The lowest BCUT2D eigenvalue weighted by Gasteiger charge is -2.14. The van der Waals surface area contributed by atoms with Crippen LogP contribution in [-0.4, -0.2) is 33.8 Å². The standard InChI is InChI=1S/C22H24F3NO5/c1-5-10-31-17-8-7-15(22(23,24)25)13-16(17)26-20(27)9-6-14-11-18(28-2)21(30-4)19(12-14)29-3/h6-9,11-13H,5,10H2,1-4H3,(H,26,27)/b9-6+. The molecule has 2 rings (SSSR count). The van der Waals surface area contributed by atoms with Crippen LogP contribution in [0.4, 0.5) is 18.9 Å². The highest BCUT2D eigenvalue weighted by Crippen LogP contribution is 2.38. The van der Waals surface area contributed by atoms with Gasteiger partial charge in [0.15, 0.2) is 11.5 Å². The van der Waals surface area contributed by atoms with Gasteiger partial charge in [-0.3, -0.25) is 4.79 Å². The Morgan fingerprint density at radius 3 is 2.16 bits per heavy atom. The fraction of sp³-hybridized carbons (Fsp3) is 0.318. The maximum atomic E-state index is 13.1. The van der Waals surface area contributed by atoms with Crippen LogP contribution in [0.5, 0.6) is 23.0 Å². The first-order chi connectivity index (χ1) is 14.7. The lowest BCUT2D eigenvalue weighted by atomic mass is 10.1. The van der Waals surface area contributed by atoms with Gasteiger partial charge >= 0.3 is 6.18 Å². The number of ether oxygens (including phenoxy) is 4. The molecule has 9 heteroatoms. The van der Waals surface area contributed by atoms with Gasteiger partial charge in [0.2, 0.25) is 11.7 Å². The third-order valence-electron chi connectivity index (χ3n) is 4.14. The Morgan fingerprint density at radius 2 is 1.65 bits per heavy atom. The highest BCUT2D eigenvalue weighted by atomic mass is 19.4. The molecule has 0 unspecified atom stereocenters. The van der Waals surface area contributed by atoms with Crippen LogP contribution >= 0.6 is 0 Å². The van der Waals surface area contributed by atoms with Gasteiger partial charge in [-0.05, 0) is 48.4 Å². The Hall–Kier alpha value is -3.36. The molecule has 2 aromatic carbocycles. The third-order valence-corrected chi connectivity index (χ3v) is 4.14. The van der Waals surface area contributed by atoms with Crippen molar-refractivity contribution in [1.29, 1.82) is 0 Å². The van der Waals surface area contributed by atoms with Crippen molar-refractivity contribution >= 4 is 17.7 Å². The number of alkyl halides is 3. The van der Waals surface area contributed by atoms with E-state index in [9.17, 15) is 18.0 Å². The number of halogens is 3. The predicted octanol–water partition coefficient (Wildman–Crippen LogP) is 5.17. The summed E-state index contributed by atoms with van der Waals surface area (Å²) in [5, 5.41) is 2.44. The maximum Gasteiger partial charge on any atom is 0.416 e. The monoisotopic (exact) mass is 439 g/mol. The van der Waals surface area contributed by atoms with Crippen LogP contribution in [0.25, 0.3) is 6.08 Å². The molecule has 0 atom stereocenters. The molecule has 0 spiro atoms. The summed E-state index contributed by atoms with van der Waals surface area (Å²) in [6, 6.07) is 6.20. The van der Waals surface area contributed by atoms with Crippen LogP contribution in [0.2, 0.25) is 0 Å². The summed E-state index contributed by atoms with van der Waals surface area (Å²) in [5.74, 6) is 0.720. The van der Waals surface area contributed by atoms with Crippen LogP contribution in [-0.2, 0) is 11.0 Å². The Balaban J connectivity index is 2.28. The molecular weight excluding hydrogens is 415 g/mol. The SMILES string of the molecule is CCCOc1ccc(C(F)(F)F)cc1NC(=O)/C=C/c1cc(OC)c(OC)c(OC)c1. The molecular formula is C22H24F3NO5. The second-order valence-electron chi connectivity index (χ2n) is 6.34. The number of benzene rings is 2. The van der Waals surface area contributed by atoms with E-state index in [1.54, 1.807) is 12.1 Å². The second-order valence-corrected chi connectivity index (χ2v) is 6.34. The van der Waals surface area contributed by atoms with Gasteiger partial charge in [0.25, 0.3) is 0 Å². The van der Waals surface area contributed by atoms with Crippen molar-refractivity contribution in [3.63, 3.8) is 0 Å². The number of rotatable bonds is 9. The topological polar surface area (TPSA) is 66.0 Å². The highest BCUT2D eigenvalue weighted by Gasteiger charge is 2.31. The highest BCUT2D eigenvalue weighted by molar-refractivity contribution is 6.03. The van der Waals surface area contributed by atoms with Gasteiger partial charge in [0.1, 0.15) is 5.75 Å². The zero-order chi connectivity index (χ0) is 23.0. The van der Waals surface area contributed by atoms with Gasteiger partial charge in [0, 0.05) is 6.08 Å². The molecule has 0 radical (unpaired) electrons. The molecule has 168 valence electrons. The molecule has 6 nitrogen and oxygen atoms in total. The van der Waals surface area contributed by atoms with Crippen molar-refractivity contribution in [3.05, 3.63) is 47.5 Å². The van der Waals surface area contributed by atoms with Crippen LogP contribution in [0, 0.1) is 0 Å². The summed E-state index contributed by atoms with van der Waals surface area (Å²) in [5.41, 5.74) is -0.390. The van der Waals surface area contributed by atoms with E-state index in [2.05, 4.69) is 5.32 Å².